The number of Topliss-reactive ketones (excluding diaryl/α,β-unsaturated/α-hetero) is 1. The van der Waals surface area contributed by atoms with Crippen molar-refractivity contribution >= 4 is 47.2 Å². The summed E-state index contributed by atoms with van der Waals surface area (Å²) in [5.41, 5.74) is 0.334. The molecule has 0 bridgehead atoms. The molecular weight excluding hydrogens is 558 g/mol. The van der Waals surface area contributed by atoms with Gasteiger partial charge in [0.2, 0.25) is 11.8 Å². The maximum absolute atomic E-state index is 13.6. The predicted molar refractivity (Wildman–Crippen MR) is 137 cm³/mol. The van der Waals surface area contributed by atoms with Crippen LogP contribution < -0.4 is 4.90 Å². The molecule has 8 atom stereocenters. The lowest BCUT2D eigenvalue weighted by Crippen LogP contribution is -2.63. The van der Waals surface area contributed by atoms with Crippen LogP contribution in [0.3, 0.4) is 0 Å². The van der Waals surface area contributed by atoms with Gasteiger partial charge in [-0.15, -0.1) is 0 Å². The van der Waals surface area contributed by atoms with Crippen LogP contribution >= 0.6 is 0 Å². The van der Waals surface area contributed by atoms with Crippen LogP contribution in [-0.2, 0) is 62.0 Å². The largest absolute Gasteiger partial charge is 0.463 e. The number of para-hydroxylation sites is 1. The first-order valence-corrected chi connectivity index (χ1v) is 13.3. The molecule has 1 aromatic rings. The Morgan fingerprint density at radius 1 is 0.786 bits per heavy atom. The zero-order valence-electron chi connectivity index (χ0n) is 23.4. The van der Waals surface area contributed by atoms with Crippen molar-refractivity contribution in [1.82, 2.24) is 0 Å². The molecule has 0 radical (unpaired) electrons. The number of benzene rings is 1. The molecule has 4 rings (SSSR count). The van der Waals surface area contributed by atoms with Gasteiger partial charge < -0.3 is 28.4 Å². The van der Waals surface area contributed by atoms with E-state index in [4.69, 9.17) is 28.4 Å². The predicted octanol–water partition coefficient (Wildman–Crippen LogP) is 0.623. The monoisotopic (exact) mass is 589 g/mol. The summed E-state index contributed by atoms with van der Waals surface area (Å²) in [7, 11) is 0. The molecule has 2 aliphatic heterocycles. The number of nitrogens with zero attached hydrogens (tertiary/aromatic N) is 1. The van der Waals surface area contributed by atoms with Gasteiger partial charge in [0.25, 0.3) is 0 Å². The maximum Gasteiger partial charge on any atom is 0.303 e. The Hall–Kier alpha value is -4.17. The van der Waals surface area contributed by atoms with Gasteiger partial charge in [0.15, 0.2) is 24.6 Å². The number of rotatable bonds is 8. The Labute approximate surface area is 240 Å². The van der Waals surface area contributed by atoms with Gasteiger partial charge in [-0.1, -0.05) is 18.2 Å². The topological polar surface area (TPSA) is 178 Å². The molecule has 0 spiro atoms. The first kappa shape index (κ1) is 30.8. The summed E-state index contributed by atoms with van der Waals surface area (Å²) in [5.74, 6) is -6.73. The maximum atomic E-state index is 13.6. The second-order valence-corrected chi connectivity index (χ2v) is 10.2. The third kappa shape index (κ3) is 6.65. The lowest BCUT2D eigenvalue weighted by molar-refractivity contribution is -0.320. The standard InChI is InChI=1S/C28H31NO13/c1-13(30)37-12-21-23(38-14(2)31)24(39-15(3)32)25(40-16(4)33)28(42-21)41-20-11-18(34)10-19-22(20)27(36)29(26(19)35)17-8-6-5-7-9-17/h5-9,19-25,28H,10-12H2,1-4H3/t19-,20?,21?,22-,23?,24?,25?,28?/m1/s1. The third-order valence-corrected chi connectivity index (χ3v) is 7.03. The molecule has 1 saturated carbocycles. The van der Waals surface area contributed by atoms with E-state index in [0.29, 0.717) is 5.69 Å². The minimum absolute atomic E-state index is 0.170. The van der Waals surface area contributed by atoms with E-state index in [1.54, 1.807) is 30.3 Å². The Morgan fingerprint density at radius 2 is 1.38 bits per heavy atom. The summed E-state index contributed by atoms with van der Waals surface area (Å²) in [6, 6.07) is 8.22. The summed E-state index contributed by atoms with van der Waals surface area (Å²) in [6.45, 7) is 3.90. The number of carbonyl (C=O) groups excluding carboxylic acids is 7. The molecule has 2 amide bonds. The van der Waals surface area contributed by atoms with Gasteiger partial charge >= 0.3 is 23.9 Å². The Kier molecular flexibility index (Phi) is 9.36. The van der Waals surface area contributed by atoms with E-state index in [1.165, 1.54) is 0 Å². The molecule has 3 aliphatic rings. The molecule has 6 unspecified atom stereocenters. The molecular formula is C28H31NO13. The minimum atomic E-state index is -1.60. The highest BCUT2D eigenvalue weighted by atomic mass is 16.7. The van der Waals surface area contributed by atoms with E-state index in [9.17, 15) is 33.6 Å². The molecule has 0 aromatic heterocycles. The number of anilines is 1. The van der Waals surface area contributed by atoms with Gasteiger partial charge in [0, 0.05) is 40.5 Å². The van der Waals surface area contributed by atoms with Crippen LogP contribution in [-0.4, -0.2) is 84.9 Å². The molecule has 226 valence electrons. The van der Waals surface area contributed by atoms with Gasteiger partial charge in [-0.05, 0) is 12.1 Å². The molecule has 14 nitrogen and oxygen atoms in total. The van der Waals surface area contributed by atoms with E-state index in [2.05, 4.69) is 0 Å². The Morgan fingerprint density at radius 3 is 1.98 bits per heavy atom. The summed E-state index contributed by atoms with van der Waals surface area (Å²) in [6.07, 6.45) is -8.97. The van der Waals surface area contributed by atoms with Crippen LogP contribution in [0.2, 0.25) is 0 Å². The minimum Gasteiger partial charge on any atom is -0.463 e. The normalized spacial score (nSPS) is 30.8. The quantitative estimate of drug-likeness (QED) is 0.234. The molecule has 0 N–H and O–H groups in total. The van der Waals surface area contributed by atoms with Crippen molar-refractivity contribution < 1.29 is 62.0 Å². The van der Waals surface area contributed by atoms with Crippen molar-refractivity contribution in [1.29, 1.82) is 0 Å². The number of fused-ring (bicyclic) bond motifs is 1. The lowest BCUT2D eigenvalue weighted by Gasteiger charge is -2.45. The van der Waals surface area contributed by atoms with Crippen molar-refractivity contribution in [2.75, 3.05) is 11.5 Å². The molecule has 3 fully saturated rings. The highest BCUT2D eigenvalue weighted by molar-refractivity contribution is 6.23. The number of ketones is 1. The summed E-state index contributed by atoms with van der Waals surface area (Å²) in [5, 5.41) is 0. The van der Waals surface area contributed by atoms with Crippen LogP contribution in [0.4, 0.5) is 5.69 Å². The first-order valence-electron chi connectivity index (χ1n) is 13.3. The number of ether oxygens (including phenoxy) is 6. The van der Waals surface area contributed by atoms with E-state index in [1.807, 2.05) is 0 Å². The van der Waals surface area contributed by atoms with Crippen molar-refractivity contribution in [3.05, 3.63) is 30.3 Å². The van der Waals surface area contributed by atoms with Gasteiger partial charge in [-0.25, -0.2) is 4.90 Å². The highest BCUT2D eigenvalue weighted by Crippen LogP contribution is 2.42. The van der Waals surface area contributed by atoms with Crippen LogP contribution in [0, 0.1) is 11.8 Å². The fourth-order valence-corrected chi connectivity index (χ4v) is 5.50. The van der Waals surface area contributed by atoms with E-state index in [0.717, 1.165) is 32.6 Å². The number of hydrogen-bond donors (Lipinski definition) is 0. The SMILES string of the molecule is CC(=O)OCC1OC(OC2CC(=O)C[C@H]3C(=O)N(c4ccccc4)C(=O)[C@@H]23)C(OC(C)=O)C(OC(C)=O)C1OC(C)=O. The van der Waals surface area contributed by atoms with Crippen LogP contribution in [0.1, 0.15) is 40.5 Å². The fourth-order valence-electron chi connectivity index (χ4n) is 5.50. The fraction of sp³-hybridized carbons (Fsp3) is 0.536. The number of imide groups is 1. The van der Waals surface area contributed by atoms with Gasteiger partial charge in [0.05, 0.1) is 23.6 Å². The zero-order chi connectivity index (χ0) is 30.7. The Balaban J connectivity index is 1.70. The van der Waals surface area contributed by atoms with E-state index < -0.39 is 90.9 Å². The smallest absolute Gasteiger partial charge is 0.303 e. The van der Waals surface area contributed by atoms with E-state index >= 15 is 0 Å². The summed E-state index contributed by atoms with van der Waals surface area (Å²) in [4.78, 5) is 88.4. The highest BCUT2D eigenvalue weighted by Gasteiger charge is 2.58. The molecule has 1 aliphatic carbocycles. The van der Waals surface area contributed by atoms with Crippen LogP contribution in [0.5, 0.6) is 0 Å². The van der Waals surface area contributed by atoms with Gasteiger partial charge in [0.1, 0.15) is 18.5 Å². The van der Waals surface area contributed by atoms with Crippen LogP contribution in [0.15, 0.2) is 30.3 Å². The second kappa shape index (κ2) is 12.8. The zero-order valence-corrected chi connectivity index (χ0v) is 23.4. The number of amides is 2. The van der Waals surface area contributed by atoms with Crippen LogP contribution in [0.25, 0.3) is 0 Å². The van der Waals surface area contributed by atoms with Crippen molar-refractivity contribution in [3.63, 3.8) is 0 Å². The molecule has 1 aromatic carbocycles. The van der Waals surface area contributed by atoms with E-state index in [-0.39, 0.29) is 18.6 Å². The third-order valence-electron chi connectivity index (χ3n) is 7.03. The molecule has 2 saturated heterocycles. The number of esters is 4. The van der Waals surface area contributed by atoms with Crippen molar-refractivity contribution in [2.45, 2.75) is 77.3 Å². The average molecular weight is 590 g/mol. The number of carbonyl (C=O) groups is 7. The van der Waals surface area contributed by atoms with Gasteiger partial charge in [-0.2, -0.15) is 0 Å². The molecule has 2 heterocycles. The molecule has 14 heteroatoms. The van der Waals surface area contributed by atoms with Crippen molar-refractivity contribution in [2.24, 2.45) is 11.8 Å². The summed E-state index contributed by atoms with van der Waals surface area (Å²) >= 11 is 0. The van der Waals surface area contributed by atoms with Gasteiger partial charge in [-0.3, -0.25) is 33.6 Å². The second-order valence-electron chi connectivity index (χ2n) is 10.2. The Bertz CT molecular complexity index is 1260. The molecule has 42 heavy (non-hydrogen) atoms. The number of hydrogen-bond acceptors (Lipinski definition) is 13. The average Bonchev–Trinajstić information content (AvgIpc) is 3.15. The first-order chi connectivity index (χ1) is 19.9. The summed E-state index contributed by atoms with van der Waals surface area (Å²) < 4.78 is 33.3. The van der Waals surface area contributed by atoms with Crippen molar-refractivity contribution in [3.8, 4) is 0 Å². The lowest BCUT2D eigenvalue weighted by atomic mass is 9.78.